The van der Waals surface area contributed by atoms with Gasteiger partial charge < -0.3 is 14.6 Å². The van der Waals surface area contributed by atoms with E-state index in [1.807, 2.05) is 26.2 Å². The summed E-state index contributed by atoms with van der Waals surface area (Å²) < 4.78 is 1.78. The number of anilines is 1. The smallest absolute Gasteiger partial charge is 0.274 e. The summed E-state index contributed by atoms with van der Waals surface area (Å²) >= 11 is 1.54. The number of carbonyl (C=O) groups is 2. The van der Waals surface area contributed by atoms with Crippen LogP contribution in [0.25, 0.3) is 0 Å². The number of nitrogens with one attached hydrogen (secondary N) is 1. The van der Waals surface area contributed by atoms with Crippen molar-refractivity contribution in [1.29, 1.82) is 0 Å². The van der Waals surface area contributed by atoms with Crippen molar-refractivity contribution < 1.29 is 14.7 Å². The summed E-state index contributed by atoms with van der Waals surface area (Å²) in [7, 11) is 3.63. The number of aliphatic hydroxyl groups excluding tert-OH is 1. The third-order valence-electron chi connectivity index (χ3n) is 8.13. The van der Waals surface area contributed by atoms with Crippen LogP contribution in [0.2, 0.25) is 0 Å². The number of fused-ring (bicyclic) bond motifs is 2. The van der Waals surface area contributed by atoms with Gasteiger partial charge in [-0.3, -0.25) is 14.9 Å². The Labute approximate surface area is 205 Å². The van der Waals surface area contributed by atoms with Crippen molar-refractivity contribution in [2.24, 2.45) is 30.2 Å². The van der Waals surface area contributed by atoms with Gasteiger partial charge in [-0.15, -0.1) is 17.9 Å². The molecule has 2 heterocycles. The topological polar surface area (TPSA) is 87.5 Å². The second kappa shape index (κ2) is 9.30. The van der Waals surface area contributed by atoms with Crippen LogP contribution in [0.3, 0.4) is 0 Å². The summed E-state index contributed by atoms with van der Waals surface area (Å²) in [5.41, 5.74) is 1.49. The molecule has 4 rings (SSSR count). The zero-order chi connectivity index (χ0) is 24.8. The van der Waals surface area contributed by atoms with Crippen LogP contribution >= 0.6 is 11.3 Å². The van der Waals surface area contributed by atoms with Gasteiger partial charge in [0.25, 0.3) is 5.91 Å². The molecule has 34 heavy (non-hydrogen) atoms. The molecule has 0 bridgehead atoms. The first-order valence-electron chi connectivity index (χ1n) is 12.0. The Hall–Kier alpha value is -2.45. The number of aryl methyl sites for hydroxylation is 1. The lowest BCUT2D eigenvalue weighted by molar-refractivity contribution is -0.143. The molecule has 2 N–H and O–H groups in total. The standard InChI is InChI=1S/C26H36N4O3S/c1-7-12-30(6)24(33)15(2)17-10-11-26(4)14-19-21(16(3)20(26)22(17)31)27-25(34-19)28-23(32)18-9-8-13-29(18)5/h7-9,13,15-17,20,22,31H,1,10-12,14H2,2-6H3,(H,27,28,32)/t15-,16-,17-,20+,22-,26-/m0/s1. The molecular weight excluding hydrogens is 448 g/mol. The second-order valence-electron chi connectivity index (χ2n) is 10.4. The van der Waals surface area contributed by atoms with E-state index in [2.05, 4.69) is 25.7 Å². The number of nitrogens with zero attached hydrogens (tertiary/aromatic N) is 3. The Morgan fingerprint density at radius 2 is 2.24 bits per heavy atom. The number of thiazole rings is 1. The highest BCUT2D eigenvalue weighted by molar-refractivity contribution is 7.15. The zero-order valence-electron chi connectivity index (χ0n) is 20.7. The highest BCUT2D eigenvalue weighted by atomic mass is 32.1. The lowest BCUT2D eigenvalue weighted by Gasteiger charge is -2.53. The molecule has 1 fully saturated rings. The number of amides is 2. The van der Waals surface area contributed by atoms with E-state index < -0.39 is 6.10 Å². The molecule has 2 aliphatic rings. The maximum absolute atomic E-state index is 12.9. The Balaban J connectivity index is 1.55. The molecule has 0 aliphatic heterocycles. The molecule has 2 aliphatic carbocycles. The normalized spacial score (nSPS) is 29.0. The minimum absolute atomic E-state index is 0.0113. The highest BCUT2D eigenvalue weighted by Gasteiger charge is 2.54. The van der Waals surface area contributed by atoms with Gasteiger partial charge in [-0.1, -0.05) is 26.8 Å². The van der Waals surface area contributed by atoms with Gasteiger partial charge in [0.15, 0.2) is 5.13 Å². The van der Waals surface area contributed by atoms with E-state index in [4.69, 9.17) is 4.98 Å². The van der Waals surface area contributed by atoms with E-state index >= 15 is 0 Å². The Kier molecular flexibility index (Phi) is 6.75. The monoisotopic (exact) mass is 484 g/mol. The predicted octanol–water partition coefficient (Wildman–Crippen LogP) is 4.07. The highest BCUT2D eigenvalue weighted by Crippen LogP contribution is 2.57. The molecule has 8 heteroatoms. The Morgan fingerprint density at radius 3 is 2.88 bits per heavy atom. The number of aliphatic hydroxyl groups is 1. The van der Waals surface area contributed by atoms with Crippen LogP contribution in [0.15, 0.2) is 31.0 Å². The predicted molar refractivity (Wildman–Crippen MR) is 135 cm³/mol. The molecule has 0 spiro atoms. The number of carbonyl (C=O) groups excluding carboxylic acids is 2. The first kappa shape index (κ1) is 24.7. The molecule has 2 amide bonds. The van der Waals surface area contributed by atoms with Crippen molar-refractivity contribution in [3.8, 4) is 0 Å². The summed E-state index contributed by atoms with van der Waals surface area (Å²) in [6.07, 6.45) is 5.59. The van der Waals surface area contributed by atoms with Gasteiger partial charge in [-0.05, 0) is 48.6 Å². The van der Waals surface area contributed by atoms with Gasteiger partial charge in [0.05, 0.1) is 11.8 Å². The minimum Gasteiger partial charge on any atom is -0.392 e. The summed E-state index contributed by atoms with van der Waals surface area (Å²) in [4.78, 5) is 33.3. The molecule has 7 nitrogen and oxygen atoms in total. The molecule has 0 radical (unpaired) electrons. The first-order chi connectivity index (χ1) is 16.1. The molecule has 6 atom stereocenters. The number of rotatable bonds is 6. The van der Waals surface area contributed by atoms with Gasteiger partial charge in [-0.25, -0.2) is 4.98 Å². The van der Waals surface area contributed by atoms with E-state index in [1.165, 1.54) is 4.88 Å². The van der Waals surface area contributed by atoms with E-state index in [9.17, 15) is 14.7 Å². The van der Waals surface area contributed by atoms with Crippen LogP contribution in [-0.4, -0.2) is 51.1 Å². The van der Waals surface area contributed by atoms with Crippen molar-refractivity contribution in [2.75, 3.05) is 18.9 Å². The fourth-order valence-corrected chi connectivity index (χ4v) is 7.53. The van der Waals surface area contributed by atoms with Gasteiger partial charge in [0, 0.05) is 43.5 Å². The molecular formula is C26H36N4O3S. The van der Waals surface area contributed by atoms with Crippen molar-refractivity contribution in [3.63, 3.8) is 0 Å². The molecule has 0 saturated heterocycles. The van der Waals surface area contributed by atoms with Crippen LogP contribution in [0, 0.1) is 23.2 Å². The van der Waals surface area contributed by atoms with Gasteiger partial charge in [0.2, 0.25) is 5.91 Å². The Bertz CT molecular complexity index is 1090. The first-order valence-corrected chi connectivity index (χ1v) is 12.8. The summed E-state index contributed by atoms with van der Waals surface area (Å²) in [6.45, 7) is 10.6. The lowest BCUT2D eigenvalue weighted by Crippen LogP contribution is -2.53. The molecule has 1 saturated carbocycles. The largest absolute Gasteiger partial charge is 0.392 e. The average molecular weight is 485 g/mol. The second-order valence-corrected chi connectivity index (χ2v) is 11.5. The molecule has 2 aromatic heterocycles. The SMILES string of the molecule is C=CCN(C)C(=O)[C@@H](C)[C@@H]1CC[C@@]2(C)Cc3sc(NC(=O)c4cccn4C)nc3[C@@H](C)[C@@H]2[C@H]1O. The number of likely N-dealkylation sites (N-methyl/N-ethyl adjacent to an activating group) is 1. The molecule has 184 valence electrons. The van der Waals surface area contributed by atoms with E-state index in [0.29, 0.717) is 17.4 Å². The van der Waals surface area contributed by atoms with Crippen LogP contribution in [0.4, 0.5) is 5.13 Å². The Morgan fingerprint density at radius 1 is 1.50 bits per heavy atom. The fourth-order valence-electron chi connectivity index (χ4n) is 6.27. The third-order valence-corrected chi connectivity index (χ3v) is 9.12. The average Bonchev–Trinajstić information content (AvgIpc) is 3.38. The van der Waals surface area contributed by atoms with Gasteiger partial charge in [-0.2, -0.15) is 0 Å². The summed E-state index contributed by atoms with van der Waals surface area (Å²) in [5.74, 6) is -0.415. The van der Waals surface area contributed by atoms with Gasteiger partial charge >= 0.3 is 0 Å². The summed E-state index contributed by atoms with van der Waals surface area (Å²) in [6, 6.07) is 3.63. The fraction of sp³-hybridized carbons (Fsp3) is 0.577. The van der Waals surface area contributed by atoms with Crippen molar-refractivity contribution >= 4 is 28.3 Å². The number of hydrogen-bond donors (Lipinski definition) is 2. The van der Waals surface area contributed by atoms with Crippen molar-refractivity contribution in [2.45, 2.75) is 52.1 Å². The van der Waals surface area contributed by atoms with Crippen LogP contribution < -0.4 is 5.32 Å². The van der Waals surface area contributed by atoms with Crippen molar-refractivity contribution in [1.82, 2.24) is 14.5 Å². The summed E-state index contributed by atoms with van der Waals surface area (Å²) in [5, 5.41) is 15.1. The zero-order valence-corrected chi connectivity index (χ0v) is 21.6. The number of aromatic nitrogens is 2. The van der Waals surface area contributed by atoms with E-state index in [0.717, 1.165) is 25.0 Å². The lowest BCUT2D eigenvalue weighted by atomic mass is 9.53. The number of hydrogen-bond acceptors (Lipinski definition) is 5. The third kappa shape index (κ3) is 4.22. The molecule has 2 aromatic rings. The van der Waals surface area contributed by atoms with Gasteiger partial charge in [0.1, 0.15) is 5.69 Å². The van der Waals surface area contributed by atoms with E-state index in [-0.39, 0.29) is 40.9 Å². The van der Waals surface area contributed by atoms with Crippen LogP contribution in [0.1, 0.15) is 60.6 Å². The maximum atomic E-state index is 12.9. The quantitative estimate of drug-likeness (QED) is 0.605. The molecule has 0 unspecified atom stereocenters. The van der Waals surface area contributed by atoms with Crippen LogP contribution in [-0.2, 0) is 18.3 Å². The maximum Gasteiger partial charge on any atom is 0.274 e. The minimum atomic E-state index is -0.582. The van der Waals surface area contributed by atoms with Crippen molar-refractivity contribution in [3.05, 3.63) is 47.2 Å². The van der Waals surface area contributed by atoms with E-state index in [1.54, 1.807) is 40.0 Å². The van der Waals surface area contributed by atoms with Crippen LogP contribution in [0.5, 0.6) is 0 Å². The molecule has 0 aromatic carbocycles.